The lowest BCUT2D eigenvalue weighted by molar-refractivity contribution is 0.0420. The highest BCUT2D eigenvalue weighted by Gasteiger charge is 2.27. The smallest absolute Gasteiger partial charge is 0.269 e. The van der Waals surface area contributed by atoms with Gasteiger partial charge in [-0.2, -0.15) is 0 Å². The average molecular weight is 241 g/mol. The Hall–Kier alpha value is -1.13. The van der Waals surface area contributed by atoms with Gasteiger partial charge in [0.2, 0.25) is 0 Å². The molecule has 2 rings (SSSR count). The molecule has 0 unspecified atom stereocenters. The Labute approximate surface area is 98.6 Å². The standard InChI is InChI=1S/C11H13ClN2O2/c12-10-3-1-2-9(14-10)11(16)13-6-7-4-8(15)5-7/h1-3,7-8,15H,4-6H2,(H,13,16). The van der Waals surface area contributed by atoms with Crippen LogP contribution < -0.4 is 5.32 Å². The third-order valence-electron chi connectivity index (χ3n) is 2.71. The summed E-state index contributed by atoms with van der Waals surface area (Å²) in [6.45, 7) is 0.587. The molecule has 5 heteroatoms. The van der Waals surface area contributed by atoms with E-state index in [1.165, 1.54) is 0 Å². The largest absolute Gasteiger partial charge is 0.393 e. The molecule has 0 saturated heterocycles. The van der Waals surface area contributed by atoms with Gasteiger partial charge in [0.25, 0.3) is 5.91 Å². The molecule has 1 saturated carbocycles. The van der Waals surface area contributed by atoms with Crippen molar-refractivity contribution in [3.05, 3.63) is 29.0 Å². The zero-order chi connectivity index (χ0) is 11.5. The van der Waals surface area contributed by atoms with E-state index in [4.69, 9.17) is 16.7 Å². The molecular formula is C11H13ClN2O2. The Morgan fingerprint density at radius 1 is 1.56 bits per heavy atom. The van der Waals surface area contributed by atoms with Crippen molar-refractivity contribution in [3.8, 4) is 0 Å². The van der Waals surface area contributed by atoms with Crippen LogP contribution in [0.3, 0.4) is 0 Å². The van der Waals surface area contributed by atoms with Crippen molar-refractivity contribution in [3.63, 3.8) is 0 Å². The Balaban J connectivity index is 1.84. The number of carbonyl (C=O) groups excluding carboxylic acids is 1. The van der Waals surface area contributed by atoms with E-state index in [1.54, 1.807) is 18.2 Å². The molecule has 1 heterocycles. The van der Waals surface area contributed by atoms with Gasteiger partial charge in [0.1, 0.15) is 10.8 Å². The van der Waals surface area contributed by atoms with Crippen molar-refractivity contribution in [2.45, 2.75) is 18.9 Å². The number of amides is 1. The van der Waals surface area contributed by atoms with E-state index in [-0.39, 0.29) is 12.0 Å². The Kier molecular flexibility index (Phi) is 3.41. The summed E-state index contributed by atoms with van der Waals surface area (Å²) >= 11 is 5.69. The first-order valence-electron chi connectivity index (χ1n) is 5.24. The van der Waals surface area contributed by atoms with Crippen molar-refractivity contribution in [1.29, 1.82) is 0 Å². The van der Waals surface area contributed by atoms with E-state index in [2.05, 4.69) is 10.3 Å². The normalized spacial score (nSPS) is 23.6. The number of pyridine rings is 1. The number of aromatic nitrogens is 1. The maximum atomic E-state index is 11.6. The summed E-state index contributed by atoms with van der Waals surface area (Å²) < 4.78 is 0. The van der Waals surface area contributed by atoms with E-state index >= 15 is 0 Å². The van der Waals surface area contributed by atoms with Gasteiger partial charge in [0.15, 0.2) is 0 Å². The molecule has 1 aromatic heterocycles. The fourth-order valence-corrected chi connectivity index (χ4v) is 1.89. The number of hydrogen-bond acceptors (Lipinski definition) is 3. The van der Waals surface area contributed by atoms with Gasteiger partial charge in [0.05, 0.1) is 6.10 Å². The molecule has 1 aliphatic rings. The van der Waals surface area contributed by atoms with Crippen LogP contribution >= 0.6 is 11.6 Å². The second-order valence-electron chi connectivity index (χ2n) is 4.05. The average Bonchev–Trinajstić information content (AvgIpc) is 2.22. The predicted octanol–water partition coefficient (Wildman–Crippen LogP) is 1.24. The topological polar surface area (TPSA) is 62.2 Å². The van der Waals surface area contributed by atoms with Crippen LogP contribution in [0.5, 0.6) is 0 Å². The van der Waals surface area contributed by atoms with Crippen LogP contribution in [-0.2, 0) is 0 Å². The Morgan fingerprint density at radius 3 is 2.94 bits per heavy atom. The highest BCUT2D eigenvalue weighted by atomic mass is 35.5. The van der Waals surface area contributed by atoms with Gasteiger partial charge in [-0.15, -0.1) is 0 Å². The molecule has 1 amide bonds. The quantitative estimate of drug-likeness (QED) is 0.782. The highest BCUT2D eigenvalue weighted by Crippen LogP contribution is 2.26. The summed E-state index contributed by atoms with van der Waals surface area (Å²) in [6.07, 6.45) is 1.35. The third kappa shape index (κ3) is 2.71. The summed E-state index contributed by atoms with van der Waals surface area (Å²) in [4.78, 5) is 15.5. The molecular weight excluding hydrogens is 228 g/mol. The van der Waals surface area contributed by atoms with Crippen LogP contribution in [0.2, 0.25) is 5.15 Å². The number of halogens is 1. The van der Waals surface area contributed by atoms with E-state index in [0.717, 1.165) is 12.8 Å². The third-order valence-corrected chi connectivity index (χ3v) is 2.92. The first-order chi connectivity index (χ1) is 7.65. The predicted molar refractivity (Wildman–Crippen MR) is 60.3 cm³/mol. The fraction of sp³-hybridized carbons (Fsp3) is 0.455. The van der Waals surface area contributed by atoms with Gasteiger partial charge >= 0.3 is 0 Å². The Morgan fingerprint density at radius 2 is 2.31 bits per heavy atom. The summed E-state index contributed by atoms with van der Waals surface area (Å²) in [6, 6.07) is 4.94. The van der Waals surface area contributed by atoms with Gasteiger partial charge in [-0.1, -0.05) is 17.7 Å². The lowest BCUT2D eigenvalue weighted by Gasteiger charge is -2.31. The summed E-state index contributed by atoms with van der Waals surface area (Å²) in [5, 5.41) is 12.2. The highest BCUT2D eigenvalue weighted by molar-refractivity contribution is 6.29. The second kappa shape index (κ2) is 4.80. The lowest BCUT2D eigenvalue weighted by Crippen LogP contribution is -2.38. The molecule has 0 radical (unpaired) electrons. The zero-order valence-corrected chi connectivity index (χ0v) is 9.44. The maximum Gasteiger partial charge on any atom is 0.269 e. The first-order valence-corrected chi connectivity index (χ1v) is 5.62. The molecule has 0 aromatic carbocycles. The molecule has 1 fully saturated rings. The number of nitrogens with one attached hydrogen (secondary N) is 1. The minimum absolute atomic E-state index is 0.189. The van der Waals surface area contributed by atoms with Crippen LogP contribution in [0.4, 0.5) is 0 Å². The molecule has 0 atom stereocenters. The molecule has 0 spiro atoms. The van der Waals surface area contributed by atoms with Crippen molar-refractivity contribution in [2.24, 2.45) is 5.92 Å². The van der Waals surface area contributed by atoms with Gasteiger partial charge < -0.3 is 10.4 Å². The molecule has 2 N–H and O–H groups in total. The minimum atomic E-state index is -0.219. The lowest BCUT2D eigenvalue weighted by atomic mass is 9.82. The maximum absolute atomic E-state index is 11.6. The van der Waals surface area contributed by atoms with Crippen molar-refractivity contribution in [1.82, 2.24) is 10.3 Å². The number of carbonyl (C=O) groups is 1. The monoisotopic (exact) mass is 240 g/mol. The second-order valence-corrected chi connectivity index (χ2v) is 4.43. The summed E-state index contributed by atoms with van der Waals surface area (Å²) in [5.74, 6) is 0.169. The minimum Gasteiger partial charge on any atom is -0.393 e. The Bertz CT molecular complexity index is 391. The van der Waals surface area contributed by atoms with Crippen molar-refractivity contribution < 1.29 is 9.90 Å². The molecule has 86 valence electrons. The van der Waals surface area contributed by atoms with E-state index in [1.807, 2.05) is 0 Å². The summed E-state index contributed by atoms with van der Waals surface area (Å²) in [7, 11) is 0. The number of hydrogen-bond donors (Lipinski definition) is 2. The van der Waals surface area contributed by atoms with Crippen molar-refractivity contribution >= 4 is 17.5 Å². The SMILES string of the molecule is O=C(NCC1CC(O)C1)c1cccc(Cl)n1. The molecule has 1 aromatic rings. The van der Waals surface area contributed by atoms with Gasteiger partial charge in [0, 0.05) is 6.54 Å². The number of rotatable bonds is 3. The molecule has 1 aliphatic carbocycles. The van der Waals surface area contributed by atoms with Gasteiger partial charge in [-0.25, -0.2) is 4.98 Å². The number of aliphatic hydroxyl groups excluding tert-OH is 1. The van der Waals surface area contributed by atoms with Crippen LogP contribution in [-0.4, -0.2) is 28.6 Å². The van der Waals surface area contributed by atoms with Crippen LogP contribution in [0.15, 0.2) is 18.2 Å². The number of aliphatic hydroxyl groups is 1. The molecule has 4 nitrogen and oxygen atoms in total. The van der Waals surface area contributed by atoms with E-state index in [0.29, 0.717) is 23.3 Å². The molecule has 16 heavy (non-hydrogen) atoms. The molecule has 0 aliphatic heterocycles. The zero-order valence-electron chi connectivity index (χ0n) is 8.69. The van der Waals surface area contributed by atoms with Crippen LogP contribution in [0, 0.1) is 5.92 Å². The fourth-order valence-electron chi connectivity index (χ4n) is 1.73. The summed E-state index contributed by atoms with van der Waals surface area (Å²) in [5.41, 5.74) is 0.326. The molecule has 0 bridgehead atoms. The van der Waals surface area contributed by atoms with Crippen molar-refractivity contribution in [2.75, 3.05) is 6.54 Å². The van der Waals surface area contributed by atoms with E-state index in [9.17, 15) is 4.79 Å². The van der Waals surface area contributed by atoms with Gasteiger partial charge in [-0.3, -0.25) is 4.79 Å². The van der Waals surface area contributed by atoms with Crippen LogP contribution in [0.1, 0.15) is 23.3 Å². The van der Waals surface area contributed by atoms with Crippen LogP contribution in [0.25, 0.3) is 0 Å². The van der Waals surface area contributed by atoms with Gasteiger partial charge in [-0.05, 0) is 30.9 Å². The van der Waals surface area contributed by atoms with E-state index < -0.39 is 0 Å². The first kappa shape index (κ1) is 11.4. The number of nitrogens with zero attached hydrogens (tertiary/aromatic N) is 1.